The Bertz CT molecular complexity index is 1600. The van der Waals surface area contributed by atoms with E-state index in [4.69, 9.17) is 24.1 Å². The molecule has 0 aliphatic carbocycles. The van der Waals surface area contributed by atoms with E-state index in [0.29, 0.717) is 11.1 Å². The molecule has 1 fully saturated rings. The van der Waals surface area contributed by atoms with Crippen LogP contribution in [0.5, 0.6) is 5.88 Å². The quantitative estimate of drug-likeness (QED) is 0.252. The van der Waals surface area contributed by atoms with E-state index in [2.05, 4.69) is 28.8 Å². The fourth-order valence-corrected chi connectivity index (χ4v) is 6.63. The Morgan fingerprint density at radius 3 is 2.19 bits per heavy atom. The van der Waals surface area contributed by atoms with Crippen LogP contribution >= 0.6 is 0 Å². The second kappa shape index (κ2) is 12.4. The maximum Gasteiger partial charge on any atom is 0.341 e. The predicted molar refractivity (Wildman–Crippen MR) is 157 cm³/mol. The SMILES string of the molecule is CC(=O)OC[C@H]1O[C@@H](n2cnc3c(OS(=O)(=O)c4c(C(C)C)cc(C(C)C)cc4C(C)C)nc(N)nc32)C[C@@H]1OC(C)=O. The number of nitrogens with zero attached hydrogens (tertiary/aromatic N) is 4. The number of esters is 2. The predicted octanol–water partition coefficient (Wildman–Crippen LogP) is 4.33. The second-order valence-corrected chi connectivity index (χ2v) is 13.0. The van der Waals surface area contributed by atoms with Crippen molar-refractivity contribution in [2.45, 2.75) is 103 Å². The minimum absolute atomic E-state index is 0.0461. The molecule has 0 spiro atoms. The number of anilines is 1. The van der Waals surface area contributed by atoms with Gasteiger partial charge >= 0.3 is 22.1 Å². The Labute approximate surface area is 251 Å². The average molecular weight is 618 g/mol. The van der Waals surface area contributed by atoms with Crippen LogP contribution in [0.15, 0.2) is 23.4 Å². The molecule has 43 heavy (non-hydrogen) atoms. The molecule has 0 unspecified atom stereocenters. The molecule has 3 heterocycles. The zero-order valence-electron chi connectivity index (χ0n) is 25.7. The molecule has 1 saturated heterocycles. The van der Waals surface area contributed by atoms with Crippen LogP contribution in [0.25, 0.3) is 11.2 Å². The highest BCUT2D eigenvalue weighted by Gasteiger charge is 2.40. The number of fused-ring (bicyclic) bond motifs is 1. The van der Waals surface area contributed by atoms with Crippen molar-refractivity contribution in [3.63, 3.8) is 0 Å². The maximum atomic E-state index is 14.0. The standard InChI is InChI=1S/C29H39N5O8S/c1-14(2)19-9-20(15(3)4)26(21(10-19)16(5)6)43(37,38)42-28-25-27(32-29(30)33-28)34(13-31-25)24-11-22(40-18(8)36)23(41-24)12-39-17(7)35/h9-10,13-16,22-24H,11-12H2,1-8H3,(H2,30,32,33)/t22-,23+,24+/m0/s1. The second-order valence-electron chi connectivity index (χ2n) is 11.6. The van der Waals surface area contributed by atoms with Crippen molar-refractivity contribution in [1.82, 2.24) is 19.5 Å². The fourth-order valence-electron chi connectivity index (χ4n) is 5.06. The number of nitrogen functional groups attached to an aromatic ring is 1. The van der Waals surface area contributed by atoms with Crippen molar-refractivity contribution in [3.05, 3.63) is 35.2 Å². The van der Waals surface area contributed by atoms with E-state index in [9.17, 15) is 18.0 Å². The maximum absolute atomic E-state index is 14.0. The lowest BCUT2D eigenvalue weighted by Crippen LogP contribution is -2.31. The first-order valence-electron chi connectivity index (χ1n) is 14.2. The number of rotatable bonds is 10. The summed E-state index contributed by atoms with van der Waals surface area (Å²) in [6, 6.07) is 3.83. The van der Waals surface area contributed by atoms with Crippen molar-refractivity contribution in [2.24, 2.45) is 0 Å². The summed E-state index contributed by atoms with van der Waals surface area (Å²) in [5.74, 6) is -1.62. The topological polar surface area (TPSA) is 175 Å². The van der Waals surface area contributed by atoms with Gasteiger partial charge in [-0.25, -0.2) is 4.98 Å². The van der Waals surface area contributed by atoms with Crippen LogP contribution in [0.2, 0.25) is 0 Å². The van der Waals surface area contributed by atoms with Crippen LogP contribution in [0.1, 0.15) is 102 Å². The molecule has 1 aliphatic rings. The summed E-state index contributed by atoms with van der Waals surface area (Å²) in [6.07, 6.45) is -0.640. The van der Waals surface area contributed by atoms with Gasteiger partial charge in [0.15, 0.2) is 11.2 Å². The van der Waals surface area contributed by atoms with Crippen molar-refractivity contribution in [2.75, 3.05) is 12.3 Å². The van der Waals surface area contributed by atoms with Gasteiger partial charge in [-0.2, -0.15) is 18.4 Å². The minimum atomic E-state index is -4.40. The molecule has 14 heteroatoms. The van der Waals surface area contributed by atoms with Crippen LogP contribution < -0.4 is 9.92 Å². The zero-order valence-corrected chi connectivity index (χ0v) is 26.5. The minimum Gasteiger partial charge on any atom is -0.463 e. The molecule has 13 nitrogen and oxygen atoms in total. The number of nitrogens with two attached hydrogens (primary N) is 1. The number of hydrogen-bond donors (Lipinski definition) is 1. The molecule has 234 valence electrons. The summed E-state index contributed by atoms with van der Waals surface area (Å²) in [5.41, 5.74) is 8.54. The Kier molecular flexibility index (Phi) is 9.30. The normalized spacial score (nSPS) is 19.0. The van der Waals surface area contributed by atoms with E-state index in [1.807, 2.05) is 39.8 Å². The van der Waals surface area contributed by atoms with Gasteiger partial charge in [-0.05, 0) is 34.4 Å². The van der Waals surface area contributed by atoms with Gasteiger partial charge < -0.3 is 24.1 Å². The molecule has 1 aromatic carbocycles. The summed E-state index contributed by atoms with van der Waals surface area (Å²) in [7, 11) is -4.40. The van der Waals surface area contributed by atoms with Gasteiger partial charge in [0, 0.05) is 20.3 Å². The lowest BCUT2D eigenvalue weighted by Gasteiger charge is -2.22. The number of imidazole rings is 1. The van der Waals surface area contributed by atoms with Gasteiger partial charge in [-0.3, -0.25) is 14.2 Å². The van der Waals surface area contributed by atoms with E-state index in [-0.39, 0.29) is 58.7 Å². The molecule has 0 bridgehead atoms. The van der Waals surface area contributed by atoms with Crippen LogP contribution in [0.3, 0.4) is 0 Å². The van der Waals surface area contributed by atoms with Gasteiger partial charge in [-0.15, -0.1) is 0 Å². The van der Waals surface area contributed by atoms with E-state index in [1.165, 1.54) is 24.7 Å². The Morgan fingerprint density at radius 2 is 1.65 bits per heavy atom. The van der Waals surface area contributed by atoms with E-state index < -0.39 is 40.5 Å². The van der Waals surface area contributed by atoms with Gasteiger partial charge in [0.05, 0.1) is 6.33 Å². The average Bonchev–Trinajstić information content (AvgIpc) is 3.49. The zero-order chi connectivity index (χ0) is 31.8. The van der Waals surface area contributed by atoms with E-state index in [1.54, 1.807) is 0 Å². The molecular weight excluding hydrogens is 578 g/mol. The van der Waals surface area contributed by atoms with Crippen molar-refractivity contribution < 1.29 is 36.4 Å². The smallest absolute Gasteiger partial charge is 0.341 e. The van der Waals surface area contributed by atoms with Gasteiger partial charge in [0.2, 0.25) is 5.95 Å². The van der Waals surface area contributed by atoms with Gasteiger partial charge in [-0.1, -0.05) is 53.7 Å². The number of ether oxygens (including phenoxy) is 3. The van der Waals surface area contributed by atoms with Crippen LogP contribution in [0.4, 0.5) is 5.95 Å². The van der Waals surface area contributed by atoms with E-state index in [0.717, 1.165) is 5.56 Å². The van der Waals surface area contributed by atoms with Crippen LogP contribution in [-0.4, -0.2) is 58.7 Å². The van der Waals surface area contributed by atoms with Crippen molar-refractivity contribution >= 4 is 39.2 Å². The molecule has 0 radical (unpaired) electrons. The molecule has 1 aliphatic heterocycles. The third-order valence-corrected chi connectivity index (χ3v) is 8.53. The third-order valence-electron chi connectivity index (χ3n) is 7.18. The number of hydrogen-bond acceptors (Lipinski definition) is 12. The summed E-state index contributed by atoms with van der Waals surface area (Å²) in [5, 5.41) is 0. The third kappa shape index (κ3) is 6.90. The van der Waals surface area contributed by atoms with Gasteiger partial charge in [0.25, 0.3) is 5.88 Å². The summed E-state index contributed by atoms with van der Waals surface area (Å²) < 4.78 is 51.7. The molecular formula is C29H39N5O8S. The monoisotopic (exact) mass is 617 g/mol. The highest BCUT2D eigenvalue weighted by molar-refractivity contribution is 7.87. The largest absolute Gasteiger partial charge is 0.463 e. The Balaban J connectivity index is 1.75. The molecule has 2 N–H and O–H groups in total. The summed E-state index contributed by atoms with van der Waals surface area (Å²) in [4.78, 5) is 35.9. The number of benzene rings is 1. The molecule has 3 aromatic rings. The highest BCUT2D eigenvalue weighted by Crippen LogP contribution is 2.38. The molecule has 4 rings (SSSR count). The molecule has 2 aromatic heterocycles. The first-order valence-corrected chi connectivity index (χ1v) is 15.6. The lowest BCUT2D eigenvalue weighted by molar-refractivity contribution is -0.155. The summed E-state index contributed by atoms with van der Waals surface area (Å²) >= 11 is 0. The van der Waals surface area contributed by atoms with Crippen molar-refractivity contribution in [3.8, 4) is 5.88 Å². The van der Waals surface area contributed by atoms with Crippen molar-refractivity contribution in [1.29, 1.82) is 0 Å². The number of carbonyl (C=O) groups is 2. The molecule has 0 amide bonds. The first kappa shape index (κ1) is 32.1. The summed E-state index contributed by atoms with van der Waals surface area (Å²) in [6.45, 7) is 14.3. The number of aromatic nitrogens is 4. The van der Waals surface area contributed by atoms with E-state index >= 15 is 0 Å². The molecule has 3 atom stereocenters. The van der Waals surface area contributed by atoms with Crippen LogP contribution in [-0.2, 0) is 33.9 Å². The first-order chi connectivity index (χ1) is 20.1. The fraction of sp³-hybridized carbons (Fsp3) is 0.552. The molecule has 0 saturated carbocycles. The Morgan fingerprint density at radius 1 is 1.02 bits per heavy atom. The number of carbonyl (C=O) groups excluding carboxylic acids is 2. The highest BCUT2D eigenvalue weighted by atomic mass is 32.2. The Hall–Kier alpha value is -3.78. The lowest BCUT2D eigenvalue weighted by atomic mass is 9.89. The van der Waals surface area contributed by atoms with Gasteiger partial charge in [0.1, 0.15) is 29.9 Å². The van der Waals surface area contributed by atoms with Crippen LogP contribution in [0, 0.1) is 0 Å².